The zero-order valence-electron chi connectivity index (χ0n) is 19.9. The lowest BCUT2D eigenvalue weighted by Crippen LogP contribution is -2.51. The van der Waals surface area contributed by atoms with E-state index in [1.54, 1.807) is 49.5 Å². The Morgan fingerprint density at radius 1 is 1.06 bits per heavy atom. The molecule has 0 saturated carbocycles. The van der Waals surface area contributed by atoms with Gasteiger partial charge >= 0.3 is 0 Å². The first-order valence-electron chi connectivity index (χ1n) is 11.5. The fourth-order valence-corrected chi connectivity index (χ4v) is 5.15. The molecule has 0 radical (unpaired) electrons. The number of amides is 2. The molecular weight excluding hydrogens is 450 g/mol. The Balaban J connectivity index is 1.73. The Kier molecular flexibility index (Phi) is 5.52. The van der Waals surface area contributed by atoms with Crippen LogP contribution in [0.15, 0.2) is 48.0 Å². The molecule has 2 amide bonds. The van der Waals surface area contributed by atoms with Crippen molar-refractivity contribution in [3.8, 4) is 11.5 Å². The second-order valence-electron chi connectivity index (χ2n) is 9.12. The van der Waals surface area contributed by atoms with Gasteiger partial charge in [-0.05, 0) is 51.3 Å². The van der Waals surface area contributed by atoms with Crippen LogP contribution in [0.4, 0.5) is 5.69 Å². The van der Waals surface area contributed by atoms with Gasteiger partial charge in [0.05, 0.1) is 5.57 Å². The van der Waals surface area contributed by atoms with Crippen molar-refractivity contribution in [3.63, 3.8) is 0 Å². The number of carbonyl (C=O) groups is 3. The van der Waals surface area contributed by atoms with Crippen LogP contribution in [0.1, 0.15) is 17.5 Å². The van der Waals surface area contributed by atoms with Crippen molar-refractivity contribution >= 4 is 29.0 Å². The van der Waals surface area contributed by atoms with E-state index in [0.29, 0.717) is 48.9 Å². The zero-order chi connectivity index (χ0) is 24.9. The molecule has 3 aliphatic rings. The summed E-state index contributed by atoms with van der Waals surface area (Å²) >= 11 is 0. The zero-order valence-corrected chi connectivity index (χ0v) is 19.9. The summed E-state index contributed by atoms with van der Waals surface area (Å²) in [7, 11) is 5.44. The number of likely N-dealkylation sites (tertiary alicyclic amines) is 1. The SMILES string of the molecule is CN(C)CCCN1C(=O)C(=O)C(=C(O)c2ccc3c(c2)OCCO3)[C@@]12C(=O)N(C)c1ccccc12. The Hall–Kier alpha value is -3.85. The van der Waals surface area contributed by atoms with E-state index in [0.717, 1.165) is 0 Å². The molecule has 3 aliphatic heterocycles. The Labute approximate surface area is 203 Å². The number of benzene rings is 2. The summed E-state index contributed by atoms with van der Waals surface area (Å²) in [6, 6.07) is 11.8. The lowest BCUT2D eigenvalue weighted by Gasteiger charge is -2.34. The van der Waals surface area contributed by atoms with Crippen molar-refractivity contribution < 1.29 is 29.0 Å². The third kappa shape index (κ3) is 3.30. The Morgan fingerprint density at radius 3 is 2.51 bits per heavy atom. The average Bonchev–Trinajstić information content (AvgIpc) is 3.22. The Bertz CT molecular complexity index is 1270. The molecule has 9 nitrogen and oxygen atoms in total. The number of hydrogen-bond donors (Lipinski definition) is 1. The van der Waals surface area contributed by atoms with Gasteiger partial charge in [0.2, 0.25) is 0 Å². The number of fused-ring (bicyclic) bond motifs is 3. The molecule has 3 heterocycles. The van der Waals surface area contributed by atoms with Gasteiger partial charge in [0.25, 0.3) is 17.6 Å². The van der Waals surface area contributed by atoms with E-state index in [1.165, 1.54) is 9.80 Å². The van der Waals surface area contributed by atoms with E-state index in [2.05, 4.69) is 0 Å². The summed E-state index contributed by atoms with van der Waals surface area (Å²) < 4.78 is 11.2. The van der Waals surface area contributed by atoms with Crippen molar-refractivity contribution in [2.75, 3.05) is 52.3 Å². The number of rotatable bonds is 5. The largest absolute Gasteiger partial charge is 0.507 e. The lowest BCUT2D eigenvalue weighted by molar-refractivity contribution is -0.143. The molecule has 1 atom stereocenters. The van der Waals surface area contributed by atoms with E-state index in [4.69, 9.17) is 9.47 Å². The highest BCUT2D eigenvalue weighted by Gasteiger charge is 2.66. The first-order chi connectivity index (χ1) is 16.8. The molecule has 1 fully saturated rings. The third-order valence-corrected chi connectivity index (χ3v) is 6.74. The minimum absolute atomic E-state index is 0.175. The molecule has 0 aliphatic carbocycles. The standard InChI is InChI=1S/C26H27N3O6/c1-27(2)11-6-12-29-24(32)23(31)21(22(30)16-9-10-19-20(15-16)35-14-13-34-19)26(29)17-7-4-5-8-18(17)28(3)25(26)33/h4-5,7-10,15,30H,6,11-14H2,1-3H3/t26-/m0/s1. The van der Waals surface area contributed by atoms with Crippen LogP contribution in [0.3, 0.4) is 0 Å². The van der Waals surface area contributed by atoms with Gasteiger partial charge in [-0.1, -0.05) is 18.2 Å². The number of likely N-dealkylation sites (N-methyl/N-ethyl adjacent to an activating group) is 1. The van der Waals surface area contributed by atoms with E-state index < -0.39 is 28.9 Å². The number of nitrogens with zero attached hydrogens (tertiary/aromatic N) is 3. The molecule has 1 N–H and O–H groups in total. The van der Waals surface area contributed by atoms with Gasteiger partial charge in [-0.3, -0.25) is 14.4 Å². The predicted octanol–water partition coefficient (Wildman–Crippen LogP) is 1.96. The highest BCUT2D eigenvalue weighted by atomic mass is 16.6. The quantitative estimate of drug-likeness (QED) is 0.399. The highest BCUT2D eigenvalue weighted by Crippen LogP contribution is 2.53. The number of aliphatic hydroxyl groups is 1. The topological polar surface area (TPSA) is 99.6 Å². The van der Waals surface area contributed by atoms with E-state index in [9.17, 15) is 19.5 Å². The molecule has 35 heavy (non-hydrogen) atoms. The van der Waals surface area contributed by atoms with Crippen LogP contribution in [0.5, 0.6) is 11.5 Å². The summed E-state index contributed by atoms with van der Waals surface area (Å²) in [5, 5.41) is 11.5. The number of ether oxygens (including phenoxy) is 2. The molecule has 9 heteroatoms. The molecular formula is C26H27N3O6. The number of hydrogen-bond acceptors (Lipinski definition) is 7. The van der Waals surface area contributed by atoms with Gasteiger partial charge in [0, 0.05) is 30.4 Å². The smallest absolute Gasteiger partial charge is 0.296 e. The average molecular weight is 478 g/mol. The minimum atomic E-state index is -1.75. The molecule has 0 unspecified atom stereocenters. The molecule has 5 rings (SSSR count). The van der Waals surface area contributed by atoms with Crippen molar-refractivity contribution in [2.24, 2.45) is 0 Å². The minimum Gasteiger partial charge on any atom is -0.507 e. The molecule has 2 aromatic carbocycles. The molecule has 1 spiro atoms. The van der Waals surface area contributed by atoms with Crippen molar-refractivity contribution in [2.45, 2.75) is 12.0 Å². The van der Waals surface area contributed by atoms with Gasteiger partial charge in [0.15, 0.2) is 17.0 Å². The summed E-state index contributed by atoms with van der Waals surface area (Å²) in [4.78, 5) is 45.6. The fourth-order valence-electron chi connectivity index (χ4n) is 5.15. The number of anilines is 1. The number of ketones is 1. The predicted molar refractivity (Wildman–Crippen MR) is 128 cm³/mol. The van der Waals surface area contributed by atoms with Crippen molar-refractivity contribution in [3.05, 3.63) is 59.2 Å². The van der Waals surface area contributed by atoms with Crippen LogP contribution in [0.25, 0.3) is 5.76 Å². The van der Waals surface area contributed by atoms with E-state index in [1.807, 2.05) is 19.0 Å². The fraction of sp³-hybridized carbons (Fsp3) is 0.346. The first-order valence-corrected chi connectivity index (χ1v) is 11.5. The number of aliphatic hydroxyl groups excluding tert-OH is 1. The molecule has 182 valence electrons. The summed E-state index contributed by atoms with van der Waals surface area (Å²) in [6.07, 6.45) is 0.547. The molecule has 1 saturated heterocycles. The van der Waals surface area contributed by atoms with Crippen LogP contribution in [0.2, 0.25) is 0 Å². The van der Waals surface area contributed by atoms with Gasteiger partial charge < -0.3 is 29.3 Å². The van der Waals surface area contributed by atoms with E-state index >= 15 is 0 Å². The summed E-state index contributed by atoms with van der Waals surface area (Å²) in [6.45, 7) is 1.60. The van der Waals surface area contributed by atoms with Crippen LogP contribution in [-0.4, -0.2) is 80.0 Å². The Morgan fingerprint density at radius 2 is 1.77 bits per heavy atom. The molecule has 0 bridgehead atoms. The maximum atomic E-state index is 13.9. The lowest BCUT2D eigenvalue weighted by atomic mass is 9.82. The second kappa shape index (κ2) is 8.42. The van der Waals surface area contributed by atoms with Gasteiger partial charge in [-0.25, -0.2) is 0 Å². The molecule has 2 aromatic rings. The van der Waals surface area contributed by atoms with Crippen molar-refractivity contribution in [1.29, 1.82) is 0 Å². The first kappa shape index (κ1) is 22.9. The van der Waals surface area contributed by atoms with Crippen molar-refractivity contribution in [1.82, 2.24) is 9.80 Å². The second-order valence-corrected chi connectivity index (χ2v) is 9.12. The maximum Gasteiger partial charge on any atom is 0.296 e. The molecule has 0 aromatic heterocycles. The van der Waals surface area contributed by atoms with Crippen LogP contribution >= 0.6 is 0 Å². The number of Topliss-reactive ketones (excluding diaryl/α,β-unsaturated/α-hetero) is 1. The van der Waals surface area contributed by atoms with Gasteiger partial charge in [-0.15, -0.1) is 0 Å². The summed E-state index contributed by atoms with van der Waals surface area (Å²) in [5.41, 5.74) is -0.630. The van der Waals surface area contributed by atoms with E-state index in [-0.39, 0.29) is 17.7 Å². The van der Waals surface area contributed by atoms with Gasteiger partial charge in [-0.2, -0.15) is 0 Å². The number of carbonyl (C=O) groups excluding carboxylic acids is 3. The monoisotopic (exact) mass is 477 g/mol. The normalized spacial score (nSPS) is 22.5. The maximum absolute atomic E-state index is 13.9. The van der Waals surface area contributed by atoms with Crippen LogP contribution in [-0.2, 0) is 19.9 Å². The third-order valence-electron chi connectivity index (χ3n) is 6.74. The number of para-hydroxylation sites is 1. The van der Waals surface area contributed by atoms with Gasteiger partial charge in [0.1, 0.15) is 19.0 Å². The van der Waals surface area contributed by atoms with Crippen LogP contribution < -0.4 is 14.4 Å². The summed E-state index contributed by atoms with van der Waals surface area (Å²) in [5.74, 6) is -1.63. The van der Waals surface area contributed by atoms with Crippen LogP contribution in [0, 0.1) is 0 Å². The highest BCUT2D eigenvalue weighted by molar-refractivity contribution is 6.50.